The van der Waals surface area contributed by atoms with Gasteiger partial charge in [0, 0.05) is 19.2 Å². The maximum Gasteiger partial charge on any atom is 0.233 e. The first kappa shape index (κ1) is 22.5. The van der Waals surface area contributed by atoms with Crippen LogP contribution in [0, 0.1) is 0 Å². The molecule has 0 aliphatic carbocycles. The lowest BCUT2D eigenvalue weighted by Crippen LogP contribution is -2.38. The van der Waals surface area contributed by atoms with E-state index in [0.717, 1.165) is 51.0 Å². The van der Waals surface area contributed by atoms with Gasteiger partial charge in [-0.2, -0.15) is 0 Å². The van der Waals surface area contributed by atoms with E-state index in [2.05, 4.69) is 80.7 Å². The summed E-state index contributed by atoms with van der Waals surface area (Å²) in [5.74, 6) is 0.586. The fraction of sp³-hybridized carbons (Fsp3) is 0.370. The molecule has 1 fully saturated rings. The van der Waals surface area contributed by atoms with Crippen molar-refractivity contribution in [3.05, 3.63) is 90.3 Å². The van der Waals surface area contributed by atoms with Crippen LogP contribution in [0.4, 0.5) is 0 Å². The first-order valence-corrected chi connectivity index (χ1v) is 12.1. The predicted molar refractivity (Wildman–Crippen MR) is 131 cm³/mol. The molecular weight excluding hydrogens is 426 g/mol. The van der Waals surface area contributed by atoms with Gasteiger partial charge >= 0.3 is 0 Å². The van der Waals surface area contributed by atoms with Crippen LogP contribution in [0.25, 0.3) is 5.65 Å². The van der Waals surface area contributed by atoms with Gasteiger partial charge in [-0.3, -0.25) is 0 Å². The van der Waals surface area contributed by atoms with Crippen molar-refractivity contribution in [1.82, 2.24) is 24.7 Å². The Balaban J connectivity index is 1.04. The molecule has 34 heavy (non-hydrogen) atoms. The van der Waals surface area contributed by atoms with Gasteiger partial charge in [-0.1, -0.05) is 60.7 Å². The Labute approximate surface area is 200 Å². The Bertz CT molecular complexity index is 1100. The Hall–Kier alpha value is -3.29. The SMILES string of the molecule is c1ccc(C(OC2CCN(CCCCOc3ccc4ncnn4n3)CC2)c2ccccc2)cc1. The molecule has 0 N–H and O–H groups in total. The van der Waals surface area contributed by atoms with Crippen molar-refractivity contribution in [3.63, 3.8) is 0 Å². The van der Waals surface area contributed by atoms with Crippen LogP contribution in [-0.2, 0) is 4.74 Å². The molecule has 1 saturated heterocycles. The highest BCUT2D eigenvalue weighted by Gasteiger charge is 2.24. The first-order chi connectivity index (χ1) is 16.8. The fourth-order valence-electron chi connectivity index (χ4n) is 4.46. The molecule has 0 saturated carbocycles. The summed E-state index contributed by atoms with van der Waals surface area (Å²) in [4.78, 5) is 6.63. The number of rotatable bonds is 10. The van der Waals surface area contributed by atoms with Crippen molar-refractivity contribution in [2.75, 3.05) is 26.2 Å². The summed E-state index contributed by atoms with van der Waals surface area (Å²) in [6.07, 6.45) is 5.99. The summed E-state index contributed by atoms with van der Waals surface area (Å²) >= 11 is 0. The van der Waals surface area contributed by atoms with E-state index in [9.17, 15) is 0 Å². The molecule has 2 aromatic carbocycles. The number of unbranched alkanes of at least 4 members (excludes halogenated alkanes) is 1. The summed E-state index contributed by atoms with van der Waals surface area (Å²) in [6, 6.07) is 24.8. The summed E-state index contributed by atoms with van der Waals surface area (Å²) < 4.78 is 13.9. The van der Waals surface area contributed by atoms with Crippen molar-refractivity contribution in [2.45, 2.75) is 37.9 Å². The quantitative estimate of drug-likeness (QED) is 0.326. The Morgan fingerprint density at radius 3 is 2.26 bits per heavy atom. The number of aromatic nitrogens is 4. The molecule has 0 bridgehead atoms. The van der Waals surface area contributed by atoms with E-state index in [4.69, 9.17) is 9.47 Å². The molecule has 0 amide bonds. The van der Waals surface area contributed by atoms with E-state index < -0.39 is 0 Å². The molecule has 4 aromatic rings. The minimum atomic E-state index is -0.0125. The molecule has 0 unspecified atom stereocenters. The standard InChI is InChI=1S/C27H31N5O2/c1-3-9-22(10-4-1)27(23-11-5-2-6-12-23)34-24-15-18-31(19-16-24)17-7-8-20-33-26-14-13-25-28-21-29-32(25)30-26/h1-6,9-14,21,24,27H,7-8,15-20H2. The lowest BCUT2D eigenvalue weighted by atomic mass is 10.00. The van der Waals surface area contributed by atoms with Gasteiger partial charge in [0.2, 0.25) is 5.88 Å². The monoisotopic (exact) mass is 457 g/mol. The summed E-state index contributed by atoms with van der Waals surface area (Å²) in [7, 11) is 0. The highest BCUT2D eigenvalue weighted by Crippen LogP contribution is 2.30. The molecule has 2 aromatic heterocycles. The minimum absolute atomic E-state index is 0.0125. The maximum atomic E-state index is 6.66. The van der Waals surface area contributed by atoms with E-state index in [1.54, 1.807) is 0 Å². The van der Waals surface area contributed by atoms with Crippen LogP contribution in [0.5, 0.6) is 5.88 Å². The number of piperidine rings is 1. The zero-order chi connectivity index (χ0) is 23.0. The number of benzene rings is 2. The van der Waals surface area contributed by atoms with Gasteiger partial charge in [0.25, 0.3) is 0 Å². The summed E-state index contributed by atoms with van der Waals surface area (Å²) in [5, 5.41) is 8.34. The zero-order valence-electron chi connectivity index (χ0n) is 19.4. The molecule has 0 atom stereocenters. The zero-order valence-corrected chi connectivity index (χ0v) is 19.4. The topological polar surface area (TPSA) is 64.8 Å². The van der Waals surface area contributed by atoms with Crippen molar-refractivity contribution in [1.29, 1.82) is 0 Å². The van der Waals surface area contributed by atoms with Crippen molar-refractivity contribution in [2.24, 2.45) is 0 Å². The third-order valence-electron chi connectivity index (χ3n) is 6.31. The summed E-state index contributed by atoms with van der Waals surface area (Å²) in [6.45, 7) is 3.90. The molecule has 0 spiro atoms. The van der Waals surface area contributed by atoms with Crippen LogP contribution in [0.15, 0.2) is 79.1 Å². The maximum absolute atomic E-state index is 6.66. The van der Waals surface area contributed by atoms with E-state index >= 15 is 0 Å². The lowest BCUT2D eigenvalue weighted by molar-refractivity contribution is -0.0271. The molecule has 3 heterocycles. The van der Waals surface area contributed by atoms with Crippen LogP contribution in [0.3, 0.4) is 0 Å². The Morgan fingerprint density at radius 2 is 1.56 bits per heavy atom. The smallest absolute Gasteiger partial charge is 0.233 e. The second-order valence-electron chi connectivity index (χ2n) is 8.71. The average Bonchev–Trinajstić information content (AvgIpc) is 3.37. The van der Waals surface area contributed by atoms with Gasteiger partial charge in [-0.05, 0) is 49.4 Å². The highest BCUT2D eigenvalue weighted by molar-refractivity contribution is 5.35. The largest absolute Gasteiger partial charge is 0.477 e. The van der Waals surface area contributed by atoms with Gasteiger partial charge in [0.05, 0.1) is 12.7 Å². The second-order valence-corrected chi connectivity index (χ2v) is 8.71. The van der Waals surface area contributed by atoms with Crippen LogP contribution < -0.4 is 4.74 Å². The molecule has 5 rings (SSSR count). The average molecular weight is 458 g/mol. The normalized spacial score (nSPS) is 15.2. The van der Waals surface area contributed by atoms with Gasteiger partial charge in [0.1, 0.15) is 12.4 Å². The van der Waals surface area contributed by atoms with Crippen LogP contribution in [-0.4, -0.2) is 57.1 Å². The van der Waals surface area contributed by atoms with E-state index in [1.165, 1.54) is 22.1 Å². The van der Waals surface area contributed by atoms with Gasteiger partial charge in [-0.25, -0.2) is 4.98 Å². The molecular formula is C27H31N5O2. The Morgan fingerprint density at radius 1 is 0.853 bits per heavy atom. The van der Waals surface area contributed by atoms with Gasteiger partial charge in [-0.15, -0.1) is 14.8 Å². The predicted octanol–water partition coefficient (Wildman–Crippen LogP) is 4.55. The minimum Gasteiger partial charge on any atom is -0.477 e. The van der Waals surface area contributed by atoms with Crippen molar-refractivity contribution in [3.8, 4) is 5.88 Å². The molecule has 0 radical (unpaired) electrons. The number of likely N-dealkylation sites (tertiary alicyclic amines) is 1. The van der Waals surface area contributed by atoms with Crippen molar-refractivity contribution < 1.29 is 9.47 Å². The van der Waals surface area contributed by atoms with Crippen molar-refractivity contribution >= 4 is 5.65 Å². The first-order valence-electron chi connectivity index (χ1n) is 12.1. The number of fused-ring (bicyclic) bond motifs is 1. The summed E-state index contributed by atoms with van der Waals surface area (Å²) in [5.41, 5.74) is 3.15. The fourth-order valence-corrected chi connectivity index (χ4v) is 4.46. The number of ether oxygens (including phenoxy) is 2. The number of hydrogen-bond acceptors (Lipinski definition) is 6. The molecule has 1 aliphatic heterocycles. The van der Waals surface area contributed by atoms with E-state index in [1.807, 2.05) is 12.1 Å². The molecule has 7 heteroatoms. The van der Waals surface area contributed by atoms with E-state index in [-0.39, 0.29) is 12.2 Å². The van der Waals surface area contributed by atoms with E-state index in [0.29, 0.717) is 12.5 Å². The third kappa shape index (κ3) is 5.79. The number of nitrogens with zero attached hydrogens (tertiary/aromatic N) is 5. The van der Waals surface area contributed by atoms with Crippen LogP contribution >= 0.6 is 0 Å². The number of hydrogen-bond donors (Lipinski definition) is 0. The van der Waals surface area contributed by atoms with Crippen LogP contribution in [0.2, 0.25) is 0 Å². The molecule has 7 nitrogen and oxygen atoms in total. The van der Waals surface area contributed by atoms with Gasteiger partial charge < -0.3 is 14.4 Å². The van der Waals surface area contributed by atoms with Gasteiger partial charge in [0.15, 0.2) is 5.65 Å². The second kappa shape index (κ2) is 11.2. The van der Waals surface area contributed by atoms with Crippen LogP contribution in [0.1, 0.15) is 42.9 Å². The lowest BCUT2D eigenvalue weighted by Gasteiger charge is -2.34. The highest BCUT2D eigenvalue weighted by atomic mass is 16.5. The molecule has 1 aliphatic rings. The Kier molecular flexibility index (Phi) is 7.43. The molecule has 176 valence electrons. The third-order valence-corrected chi connectivity index (χ3v) is 6.31.